The summed E-state index contributed by atoms with van der Waals surface area (Å²) in [6.45, 7) is 1.04. The standard InChI is InChI=1S/C15H24N2S/c1-18-13-8-6-12(7-9-13)10-11-17-15-5-3-2-4-14(15)16/h6-9,14-15,17H,2-5,10-11,16H2,1H3. The van der Waals surface area contributed by atoms with E-state index in [4.69, 9.17) is 5.73 Å². The minimum atomic E-state index is 0.359. The molecule has 3 heteroatoms. The van der Waals surface area contributed by atoms with Crippen molar-refractivity contribution in [1.82, 2.24) is 5.32 Å². The zero-order valence-corrected chi connectivity index (χ0v) is 12.0. The molecular formula is C15H24N2S. The number of hydrogen-bond donors (Lipinski definition) is 2. The van der Waals surface area contributed by atoms with Gasteiger partial charge in [-0.15, -0.1) is 11.8 Å². The van der Waals surface area contributed by atoms with Crippen LogP contribution in [0.5, 0.6) is 0 Å². The van der Waals surface area contributed by atoms with E-state index in [1.807, 2.05) is 0 Å². The van der Waals surface area contributed by atoms with Crippen LogP contribution in [0.15, 0.2) is 29.2 Å². The fourth-order valence-electron chi connectivity index (χ4n) is 2.61. The molecule has 2 unspecified atom stereocenters. The van der Waals surface area contributed by atoms with E-state index >= 15 is 0 Å². The number of nitrogens with two attached hydrogens (primary N) is 1. The van der Waals surface area contributed by atoms with Gasteiger partial charge >= 0.3 is 0 Å². The molecule has 1 aromatic carbocycles. The van der Waals surface area contributed by atoms with Crippen molar-refractivity contribution in [1.29, 1.82) is 0 Å². The van der Waals surface area contributed by atoms with Crippen LogP contribution in [0.1, 0.15) is 31.2 Å². The first-order valence-corrected chi connectivity index (χ1v) is 8.14. The monoisotopic (exact) mass is 264 g/mol. The molecule has 2 nitrogen and oxygen atoms in total. The van der Waals surface area contributed by atoms with Gasteiger partial charge in [0.05, 0.1) is 0 Å². The first-order valence-electron chi connectivity index (χ1n) is 6.91. The Balaban J connectivity index is 1.73. The predicted molar refractivity (Wildman–Crippen MR) is 80.2 cm³/mol. The maximum Gasteiger partial charge on any atom is 0.0219 e. The highest BCUT2D eigenvalue weighted by Gasteiger charge is 2.20. The summed E-state index contributed by atoms with van der Waals surface area (Å²) in [5.41, 5.74) is 7.54. The average Bonchev–Trinajstić information content (AvgIpc) is 2.42. The molecule has 0 spiro atoms. The lowest BCUT2D eigenvalue weighted by molar-refractivity contribution is 0.329. The summed E-state index contributed by atoms with van der Waals surface area (Å²) in [7, 11) is 0. The van der Waals surface area contributed by atoms with Gasteiger partial charge in [0.2, 0.25) is 0 Å². The molecule has 0 aliphatic heterocycles. The van der Waals surface area contributed by atoms with Crippen LogP contribution in [-0.2, 0) is 6.42 Å². The fourth-order valence-corrected chi connectivity index (χ4v) is 3.02. The molecule has 100 valence electrons. The highest BCUT2D eigenvalue weighted by molar-refractivity contribution is 7.98. The van der Waals surface area contributed by atoms with Crippen LogP contribution in [-0.4, -0.2) is 24.9 Å². The van der Waals surface area contributed by atoms with Gasteiger partial charge in [0.15, 0.2) is 0 Å². The minimum Gasteiger partial charge on any atom is -0.326 e. The summed E-state index contributed by atoms with van der Waals surface area (Å²) in [6, 6.07) is 9.75. The van der Waals surface area contributed by atoms with Crippen molar-refractivity contribution < 1.29 is 0 Å². The van der Waals surface area contributed by atoms with Gasteiger partial charge in [-0.05, 0) is 49.8 Å². The molecule has 0 heterocycles. The third-order valence-corrected chi connectivity index (χ3v) is 4.54. The zero-order valence-electron chi connectivity index (χ0n) is 11.2. The lowest BCUT2D eigenvalue weighted by atomic mass is 9.91. The minimum absolute atomic E-state index is 0.359. The highest BCUT2D eigenvalue weighted by Crippen LogP contribution is 2.17. The smallest absolute Gasteiger partial charge is 0.0219 e. The molecule has 0 saturated heterocycles. The first kappa shape index (κ1) is 13.9. The van der Waals surface area contributed by atoms with Gasteiger partial charge < -0.3 is 11.1 Å². The molecule has 0 bridgehead atoms. The van der Waals surface area contributed by atoms with Crippen molar-refractivity contribution in [3.63, 3.8) is 0 Å². The van der Waals surface area contributed by atoms with Crippen LogP contribution in [0.2, 0.25) is 0 Å². The Morgan fingerprint density at radius 1 is 1.22 bits per heavy atom. The van der Waals surface area contributed by atoms with Crippen LogP contribution in [0, 0.1) is 0 Å². The number of benzene rings is 1. The molecule has 18 heavy (non-hydrogen) atoms. The lowest BCUT2D eigenvalue weighted by Gasteiger charge is -2.29. The summed E-state index contributed by atoms with van der Waals surface area (Å²) in [6.07, 6.45) is 8.26. The molecule has 1 saturated carbocycles. The largest absolute Gasteiger partial charge is 0.326 e. The van der Waals surface area contributed by atoms with Crippen LogP contribution >= 0.6 is 11.8 Å². The van der Waals surface area contributed by atoms with Gasteiger partial charge in [0.1, 0.15) is 0 Å². The van der Waals surface area contributed by atoms with Crippen molar-refractivity contribution >= 4 is 11.8 Å². The number of thioether (sulfide) groups is 1. The van der Waals surface area contributed by atoms with Crippen molar-refractivity contribution in [2.45, 2.75) is 49.1 Å². The Kier molecular flexibility index (Phi) is 5.54. The SMILES string of the molecule is CSc1ccc(CCNC2CCCCC2N)cc1. The average molecular weight is 264 g/mol. The van der Waals surface area contributed by atoms with Gasteiger partial charge in [0, 0.05) is 17.0 Å². The zero-order chi connectivity index (χ0) is 12.8. The molecule has 0 aromatic heterocycles. The van der Waals surface area contributed by atoms with E-state index in [9.17, 15) is 0 Å². The second-order valence-corrected chi connectivity index (χ2v) is 5.99. The molecule has 2 rings (SSSR count). The van der Waals surface area contributed by atoms with Crippen LogP contribution in [0.3, 0.4) is 0 Å². The third-order valence-electron chi connectivity index (χ3n) is 3.80. The third kappa shape index (κ3) is 4.01. The highest BCUT2D eigenvalue weighted by atomic mass is 32.2. The maximum absolute atomic E-state index is 6.13. The van der Waals surface area contributed by atoms with E-state index in [0.29, 0.717) is 12.1 Å². The summed E-state index contributed by atoms with van der Waals surface area (Å²) >= 11 is 1.79. The van der Waals surface area contributed by atoms with Crippen LogP contribution in [0.25, 0.3) is 0 Å². The molecule has 3 N–H and O–H groups in total. The van der Waals surface area contributed by atoms with Crippen molar-refractivity contribution in [2.24, 2.45) is 5.73 Å². The lowest BCUT2D eigenvalue weighted by Crippen LogP contribution is -2.47. The molecule has 2 atom stereocenters. The Morgan fingerprint density at radius 3 is 2.61 bits per heavy atom. The van der Waals surface area contributed by atoms with Gasteiger partial charge in [-0.2, -0.15) is 0 Å². The summed E-state index contributed by atoms with van der Waals surface area (Å²) < 4.78 is 0. The summed E-state index contributed by atoms with van der Waals surface area (Å²) in [5.74, 6) is 0. The van der Waals surface area contributed by atoms with E-state index in [1.165, 1.54) is 36.1 Å². The molecule has 1 fully saturated rings. The molecule has 0 amide bonds. The molecule has 0 radical (unpaired) electrons. The van der Waals surface area contributed by atoms with Crippen molar-refractivity contribution in [2.75, 3.05) is 12.8 Å². The topological polar surface area (TPSA) is 38.0 Å². The number of rotatable bonds is 5. The number of hydrogen-bond acceptors (Lipinski definition) is 3. The Labute approximate surface area is 115 Å². The molecule has 1 aliphatic carbocycles. The normalized spacial score (nSPS) is 24.1. The maximum atomic E-state index is 6.13. The Morgan fingerprint density at radius 2 is 1.94 bits per heavy atom. The molecule has 1 aromatic rings. The first-order chi connectivity index (χ1) is 8.79. The Hall–Kier alpha value is -0.510. The van der Waals surface area contributed by atoms with Gasteiger partial charge in [-0.25, -0.2) is 0 Å². The van der Waals surface area contributed by atoms with Crippen LogP contribution in [0.4, 0.5) is 0 Å². The van der Waals surface area contributed by atoms with Gasteiger partial charge in [0.25, 0.3) is 0 Å². The van der Waals surface area contributed by atoms with E-state index in [2.05, 4.69) is 35.8 Å². The van der Waals surface area contributed by atoms with E-state index < -0.39 is 0 Å². The quantitative estimate of drug-likeness (QED) is 0.803. The second-order valence-electron chi connectivity index (χ2n) is 5.11. The Bertz CT molecular complexity index is 350. The second kappa shape index (κ2) is 7.17. The van der Waals surface area contributed by atoms with Gasteiger partial charge in [-0.3, -0.25) is 0 Å². The summed E-state index contributed by atoms with van der Waals surface area (Å²) in [4.78, 5) is 1.33. The fraction of sp³-hybridized carbons (Fsp3) is 0.600. The predicted octanol–water partition coefficient (Wildman–Crippen LogP) is 2.81. The molecule has 1 aliphatic rings. The van der Waals surface area contributed by atoms with Crippen molar-refractivity contribution in [3.05, 3.63) is 29.8 Å². The molecular weight excluding hydrogens is 240 g/mol. The van der Waals surface area contributed by atoms with Crippen molar-refractivity contribution in [3.8, 4) is 0 Å². The van der Waals surface area contributed by atoms with E-state index in [1.54, 1.807) is 11.8 Å². The number of nitrogens with one attached hydrogen (secondary N) is 1. The van der Waals surface area contributed by atoms with Gasteiger partial charge in [-0.1, -0.05) is 25.0 Å². The van der Waals surface area contributed by atoms with E-state index in [0.717, 1.165) is 13.0 Å². The van der Waals surface area contributed by atoms with E-state index in [-0.39, 0.29) is 0 Å². The summed E-state index contributed by atoms with van der Waals surface area (Å²) in [5, 5.41) is 3.62. The van der Waals surface area contributed by atoms with Crippen LogP contribution < -0.4 is 11.1 Å².